The fourth-order valence-electron chi connectivity index (χ4n) is 3.00. The van der Waals surface area contributed by atoms with Crippen LogP contribution in [0.3, 0.4) is 0 Å². The Morgan fingerprint density at radius 1 is 1.14 bits per heavy atom. The van der Waals surface area contributed by atoms with Gasteiger partial charge in [-0.1, -0.05) is 42.5 Å². The highest BCUT2D eigenvalue weighted by molar-refractivity contribution is 7.17. The van der Waals surface area contributed by atoms with Gasteiger partial charge in [0.15, 0.2) is 0 Å². The summed E-state index contributed by atoms with van der Waals surface area (Å²) in [6, 6.07) is 16.8. The van der Waals surface area contributed by atoms with Crippen LogP contribution in [0.1, 0.15) is 0 Å². The molecule has 0 spiro atoms. The van der Waals surface area contributed by atoms with Crippen LogP contribution < -0.4 is 15.6 Å². The van der Waals surface area contributed by atoms with Crippen LogP contribution in [0.15, 0.2) is 71.1 Å². The SMILES string of the molecule is COc1ccccc1NC(=O)Cn1cnc2scc(-c3ccccc3)c2c1=O. The number of anilines is 1. The van der Waals surface area contributed by atoms with Crippen LogP contribution in [-0.4, -0.2) is 22.6 Å². The van der Waals surface area contributed by atoms with Crippen molar-refractivity contribution >= 4 is 33.1 Å². The molecule has 0 saturated heterocycles. The number of methoxy groups -OCH3 is 1. The molecule has 2 heterocycles. The molecule has 140 valence electrons. The average molecular weight is 391 g/mol. The van der Waals surface area contributed by atoms with Crippen LogP contribution in [0.2, 0.25) is 0 Å². The molecule has 6 nitrogen and oxygen atoms in total. The number of nitrogens with one attached hydrogen (secondary N) is 1. The number of carbonyl (C=O) groups excluding carboxylic acids is 1. The third-order valence-electron chi connectivity index (χ3n) is 4.34. The molecule has 0 saturated carbocycles. The number of hydrogen-bond donors (Lipinski definition) is 1. The number of thiophene rings is 1. The van der Waals surface area contributed by atoms with Gasteiger partial charge < -0.3 is 10.1 Å². The van der Waals surface area contributed by atoms with Gasteiger partial charge in [0.25, 0.3) is 5.56 Å². The molecule has 0 atom stereocenters. The predicted molar refractivity (Wildman–Crippen MR) is 111 cm³/mol. The Hall–Kier alpha value is -3.45. The second-order valence-electron chi connectivity index (χ2n) is 6.12. The third-order valence-corrected chi connectivity index (χ3v) is 5.23. The van der Waals surface area contributed by atoms with Crippen molar-refractivity contribution in [3.63, 3.8) is 0 Å². The molecular weight excluding hydrogens is 374 g/mol. The van der Waals surface area contributed by atoms with Gasteiger partial charge in [-0.05, 0) is 17.7 Å². The van der Waals surface area contributed by atoms with E-state index in [1.54, 1.807) is 18.2 Å². The molecule has 1 N–H and O–H groups in total. The summed E-state index contributed by atoms with van der Waals surface area (Å²) in [6.07, 6.45) is 1.41. The highest BCUT2D eigenvalue weighted by atomic mass is 32.1. The van der Waals surface area contributed by atoms with E-state index in [0.717, 1.165) is 11.1 Å². The van der Waals surface area contributed by atoms with Crippen LogP contribution >= 0.6 is 11.3 Å². The number of benzene rings is 2. The number of para-hydroxylation sites is 2. The first-order valence-corrected chi connectivity index (χ1v) is 9.50. The number of hydrogen-bond acceptors (Lipinski definition) is 5. The Labute approximate surface area is 165 Å². The summed E-state index contributed by atoms with van der Waals surface area (Å²) >= 11 is 1.42. The Morgan fingerprint density at radius 3 is 2.68 bits per heavy atom. The first-order valence-electron chi connectivity index (χ1n) is 8.62. The lowest BCUT2D eigenvalue weighted by molar-refractivity contribution is -0.116. The van der Waals surface area contributed by atoms with Gasteiger partial charge in [-0.3, -0.25) is 14.2 Å². The van der Waals surface area contributed by atoms with Crippen LogP contribution in [-0.2, 0) is 11.3 Å². The van der Waals surface area contributed by atoms with Crippen molar-refractivity contribution in [2.75, 3.05) is 12.4 Å². The Bertz CT molecular complexity index is 1200. The Kier molecular flexibility index (Phi) is 4.90. The molecule has 0 radical (unpaired) electrons. The molecule has 0 unspecified atom stereocenters. The maximum Gasteiger partial charge on any atom is 0.263 e. The first kappa shape index (κ1) is 17.9. The first-order chi connectivity index (χ1) is 13.7. The molecule has 0 aliphatic heterocycles. The van der Waals surface area contributed by atoms with E-state index in [9.17, 15) is 9.59 Å². The van der Waals surface area contributed by atoms with Crippen molar-refractivity contribution in [1.82, 2.24) is 9.55 Å². The third kappa shape index (κ3) is 3.39. The molecule has 2 aromatic carbocycles. The number of nitrogens with zero attached hydrogens (tertiary/aromatic N) is 2. The largest absolute Gasteiger partial charge is 0.495 e. The van der Waals surface area contributed by atoms with Crippen LogP contribution in [0.4, 0.5) is 5.69 Å². The van der Waals surface area contributed by atoms with Crippen molar-refractivity contribution in [2.45, 2.75) is 6.54 Å². The van der Waals surface area contributed by atoms with Crippen LogP contribution in [0, 0.1) is 0 Å². The van der Waals surface area contributed by atoms with Crippen molar-refractivity contribution in [2.24, 2.45) is 0 Å². The van der Waals surface area contributed by atoms with Crippen molar-refractivity contribution < 1.29 is 9.53 Å². The minimum absolute atomic E-state index is 0.135. The van der Waals surface area contributed by atoms with Gasteiger partial charge in [0, 0.05) is 10.9 Å². The summed E-state index contributed by atoms with van der Waals surface area (Å²) in [7, 11) is 1.54. The second kappa shape index (κ2) is 7.66. The summed E-state index contributed by atoms with van der Waals surface area (Å²) < 4.78 is 6.56. The lowest BCUT2D eigenvalue weighted by Crippen LogP contribution is -2.27. The van der Waals surface area contributed by atoms with E-state index in [1.165, 1.54) is 29.3 Å². The van der Waals surface area contributed by atoms with Gasteiger partial charge in [0.05, 0.1) is 24.5 Å². The van der Waals surface area contributed by atoms with E-state index in [2.05, 4.69) is 10.3 Å². The van der Waals surface area contributed by atoms with E-state index in [1.807, 2.05) is 41.8 Å². The van der Waals surface area contributed by atoms with Gasteiger partial charge in [0.2, 0.25) is 5.91 Å². The maximum absolute atomic E-state index is 13.0. The molecule has 0 aliphatic carbocycles. The van der Waals surface area contributed by atoms with Gasteiger partial charge in [0.1, 0.15) is 17.1 Å². The molecule has 7 heteroatoms. The minimum atomic E-state index is -0.329. The van der Waals surface area contributed by atoms with Crippen molar-refractivity contribution in [1.29, 1.82) is 0 Å². The predicted octanol–water partition coefficient (Wildman–Crippen LogP) is 3.77. The van der Waals surface area contributed by atoms with Gasteiger partial charge in [-0.15, -0.1) is 11.3 Å². The zero-order valence-corrected chi connectivity index (χ0v) is 15.9. The summed E-state index contributed by atoms with van der Waals surface area (Å²) in [6.45, 7) is -0.135. The van der Waals surface area contributed by atoms with Crippen LogP contribution in [0.25, 0.3) is 21.3 Å². The topological polar surface area (TPSA) is 73.2 Å². The van der Waals surface area contributed by atoms with E-state index in [0.29, 0.717) is 21.7 Å². The molecule has 0 aliphatic rings. The van der Waals surface area contributed by atoms with Crippen LogP contribution in [0.5, 0.6) is 5.75 Å². The van der Waals surface area contributed by atoms with E-state index in [4.69, 9.17) is 4.74 Å². The normalized spacial score (nSPS) is 10.8. The summed E-state index contributed by atoms with van der Waals surface area (Å²) in [5.74, 6) is 0.227. The van der Waals surface area contributed by atoms with E-state index >= 15 is 0 Å². The van der Waals surface area contributed by atoms with Crippen molar-refractivity contribution in [3.8, 4) is 16.9 Å². The smallest absolute Gasteiger partial charge is 0.263 e. The van der Waals surface area contributed by atoms with E-state index in [-0.39, 0.29) is 18.0 Å². The number of fused-ring (bicyclic) bond motifs is 1. The highest BCUT2D eigenvalue weighted by Gasteiger charge is 2.15. The number of amides is 1. The molecule has 28 heavy (non-hydrogen) atoms. The summed E-state index contributed by atoms with van der Waals surface area (Å²) in [4.78, 5) is 30.5. The van der Waals surface area contributed by atoms with Crippen molar-refractivity contribution in [3.05, 3.63) is 76.7 Å². The molecule has 0 fully saturated rings. The standard InChI is InChI=1S/C21H17N3O3S/c1-27-17-10-6-5-9-16(17)23-18(25)11-24-13-22-20-19(21(24)26)15(12-28-20)14-7-3-2-4-8-14/h2-10,12-13H,11H2,1H3,(H,23,25). The zero-order valence-electron chi connectivity index (χ0n) is 15.1. The number of aromatic nitrogens is 2. The second-order valence-corrected chi connectivity index (χ2v) is 6.98. The Balaban J connectivity index is 1.65. The Morgan fingerprint density at radius 2 is 1.89 bits per heavy atom. The zero-order chi connectivity index (χ0) is 19.5. The van der Waals surface area contributed by atoms with Gasteiger partial charge in [-0.25, -0.2) is 4.98 Å². The van der Waals surface area contributed by atoms with Gasteiger partial charge >= 0.3 is 0 Å². The molecular formula is C21H17N3O3S. The molecule has 2 aromatic heterocycles. The minimum Gasteiger partial charge on any atom is -0.495 e. The maximum atomic E-state index is 13.0. The average Bonchev–Trinajstić information content (AvgIpc) is 3.16. The summed E-state index contributed by atoms with van der Waals surface area (Å²) in [5, 5.41) is 5.23. The molecule has 4 rings (SSSR count). The molecule has 4 aromatic rings. The number of carbonyl (C=O) groups is 1. The number of rotatable bonds is 5. The lowest BCUT2D eigenvalue weighted by atomic mass is 10.1. The van der Waals surface area contributed by atoms with Gasteiger partial charge in [-0.2, -0.15) is 0 Å². The fourth-order valence-corrected chi connectivity index (χ4v) is 3.91. The summed E-state index contributed by atoms with van der Waals surface area (Å²) in [5.41, 5.74) is 2.10. The molecule has 0 bridgehead atoms. The van der Waals surface area contributed by atoms with E-state index < -0.39 is 0 Å². The monoisotopic (exact) mass is 391 g/mol. The highest BCUT2D eigenvalue weighted by Crippen LogP contribution is 2.30. The molecule has 1 amide bonds. The lowest BCUT2D eigenvalue weighted by Gasteiger charge is -2.10. The number of ether oxygens (including phenoxy) is 1. The quantitative estimate of drug-likeness (QED) is 0.562. The fraction of sp³-hybridized carbons (Fsp3) is 0.0952.